The molecule has 26 heavy (non-hydrogen) atoms. The van der Waals surface area contributed by atoms with Crippen molar-refractivity contribution in [1.29, 1.82) is 0 Å². The molecule has 1 saturated heterocycles. The number of aliphatic imine (C=N–C) groups is 1. The first-order valence-corrected chi connectivity index (χ1v) is 11.3. The Morgan fingerprint density at radius 1 is 1.12 bits per heavy atom. The molecule has 4 aliphatic carbocycles. The third-order valence-electron chi connectivity index (χ3n) is 7.41. The van der Waals surface area contributed by atoms with E-state index in [1.54, 1.807) is 0 Å². The molecule has 2 amide bonds. The summed E-state index contributed by atoms with van der Waals surface area (Å²) in [6.45, 7) is 1.70. The van der Waals surface area contributed by atoms with Crippen LogP contribution in [0.5, 0.6) is 0 Å². The van der Waals surface area contributed by atoms with Gasteiger partial charge in [-0.2, -0.15) is 4.99 Å². The molecule has 3 atom stereocenters. The van der Waals surface area contributed by atoms with Crippen molar-refractivity contribution >= 4 is 28.7 Å². The van der Waals surface area contributed by atoms with E-state index in [1.807, 2.05) is 4.90 Å². The minimum absolute atomic E-state index is 0.116. The highest BCUT2D eigenvalue weighted by atomic mass is 32.2. The van der Waals surface area contributed by atoms with Crippen LogP contribution in [0.2, 0.25) is 0 Å². The molecule has 4 saturated carbocycles. The van der Waals surface area contributed by atoms with Crippen LogP contribution in [0.4, 0.5) is 0 Å². The minimum Gasteiger partial charge on any atom is -0.359 e. The normalized spacial score (nSPS) is 41.5. The Bertz CT molecular complexity index is 627. The Hall–Kier alpha value is -1.04. The zero-order valence-corrected chi connectivity index (χ0v) is 16.2. The molecule has 4 bridgehead atoms. The number of thioether (sulfide) groups is 1. The second-order valence-electron chi connectivity index (χ2n) is 9.19. The van der Waals surface area contributed by atoms with Gasteiger partial charge in [0, 0.05) is 25.0 Å². The van der Waals surface area contributed by atoms with Crippen LogP contribution < -0.4 is 5.32 Å². The van der Waals surface area contributed by atoms with E-state index in [2.05, 4.69) is 10.3 Å². The van der Waals surface area contributed by atoms with Crippen LogP contribution >= 0.6 is 11.8 Å². The fourth-order valence-electron chi connectivity index (χ4n) is 6.39. The standard InChI is InChI=1S/C20H29N3O2S/c24-17(23-5-3-1-2-4-6-23)10-16-18(25)21-19(26-16)22-20-11-13-7-14(12-20)9-15(20)8-13/h13-16H,1-12H2,(H,21,22,25). The summed E-state index contributed by atoms with van der Waals surface area (Å²) in [6.07, 6.45) is 11.5. The molecule has 0 aromatic heterocycles. The number of carbonyl (C=O) groups is 2. The highest BCUT2D eigenvalue weighted by Gasteiger charge is 2.58. The molecule has 6 aliphatic rings. The van der Waals surface area contributed by atoms with E-state index < -0.39 is 0 Å². The fraction of sp³-hybridized carbons (Fsp3) is 0.850. The minimum atomic E-state index is -0.319. The average molecular weight is 376 g/mol. The second kappa shape index (κ2) is 6.54. The van der Waals surface area contributed by atoms with Crippen molar-refractivity contribution in [2.45, 2.75) is 75.0 Å². The van der Waals surface area contributed by atoms with Crippen molar-refractivity contribution in [1.82, 2.24) is 10.2 Å². The van der Waals surface area contributed by atoms with Gasteiger partial charge in [-0.3, -0.25) is 9.59 Å². The predicted octanol–water partition coefficient (Wildman–Crippen LogP) is 2.95. The third-order valence-corrected chi connectivity index (χ3v) is 8.47. The second-order valence-corrected chi connectivity index (χ2v) is 10.4. The van der Waals surface area contributed by atoms with Crippen molar-refractivity contribution < 1.29 is 9.59 Å². The Labute approximate surface area is 159 Å². The number of carbonyl (C=O) groups excluding carboxylic acids is 2. The molecule has 5 nitrogen and oxygen atoms in total. The van der Waals surface area contributed by atoms with Crippen molar-refractivity contribution in [3.05, 3.63) is 0 Å². The van der Waals surface area contributed by atoms with Crippen LogP contribution in [0.3, 0.4) is 0 Å². The topological polar surface area (TPSA) is 61.8 Å². The zero-order chi connectivity index (χ0) is 17.7. The van der Waals surface area contributed by atoms with Gasteiger partial charge in [0.25, 0.3) is 5.91 Å². The number of amides is 2. The first-order chi connectivity index (χ1) is 12.6. The Balaban J connectivity index is 1.19. The SMILES string of the molecule is O=C1N=C(NC23CC4CC(CC2C4)C3)SC1CC(=O)N1CCCCCC1. The van der Waals surface area contributed by atoms with Crippen LogP contribution in [-0.2, 0) is 9.59 Å². The van der Waals surface area contributed by atoms with E-state index in [1.165, 1.54) is 56.7 Å². The van der Waals surface area contributed by atoms with Crippen molar-refractivity contribution in [3.63, 3.8) is 0 Å². The van der Waals surface area contributed by atoms with Crippen LogP contribution in [0.25, 0.3) is 0 Å². The first-order valence-electron chi connectivity index (χ1n) is 10.5. The molecule has 0 spiro atoms. The third kappa shape index (κ3) is 2.98. The number of likely N-dealkylation sites (tertiary alicyclic amines) is 1. The van der Waals surface area contributed by atoms with Gasteiger partial charge in [0.05, 0.1) is 0 Å². The maximum Gasteiger partial charge on any atom is 0.262 e. The van der Waals surface area contributed by atoms with E-state index >= 15 is 0 Å². The van der Waals surface area contributed by atoms with Crippen molar-refractivity contribution in [3.8, 4) is 0 Å². The number of nitrogens with zero attached hydrogens (tertiary/aromatic N) is 2. The molecule has 0 radical (unpaired) electrons. The van der Waals surface area contributed by atoms with Gasteiger partial charge in [0.1, 0.15) is 5.25 Å². The van der Waals surface area contributed by atoms with Crippen molar-refractivity contribution in [2.75, 3.05) is 13.1 Å². The highest BCUT2D eigenvalue weighted by Crippen LogP contribution is 2.60. The maximum atomic E-state index is 12.6. The number of hydrogen-bond acceptors (Lipinski definition) is 4. The lowest BCUT2D eigenvalue weighted by molar-refractivity contribution is -0.132. The monoisotopic (exact) mass is 375 g/mol. The van der Waals surface area contributed by atoms with E-state index in [9.17, 15) is 9.59 Å². The van der Waals surface area contributed by atoms with Crippen LogP contribution in [0.1, 0.15) is 64.2 Å². The first kappa shape index (κ1) is 17.1. The van der Waals surface area contributed by atoms with E-state index in [4.69, 9.17) is 0 Å². The molecule has 6 heteroatoms. The molecule has 142 valence electrons. The lowest BCUT2D eigenvalue weighted by Gasteiger charge is -2.34. The van der Waals surface area contributed by atoms with Gasteiger partial charge in [0.15, 0.2) is 5.17 Å². The van der Waals surface area contributed by atoms with Crippen LogP contribution in [0, 0.1) is 17.8 Å². The lowest BCUT2D eigenvalue weighted by Crippen LogP contribution is -2.48. The molecule has 3 unspecified atom stereocenters. The summed E-state index contributed by atoms with van der Waals surface area (Å²) in [5.41, 5.74) is 0.198. The van der Waals surface area contributed by atoms with Crippen LogP contribution in [-0.4, -0.2) is 45.8 Å². The Morgan fingerprint density at radius 3 is 2.50 bits per heavy atom. The van der Waals surface area contributed by atoms with E-state index in [-0.39, 0.29) is 22.6 Å². The molecule has 2 heterocycles. The maximum absolute atomic E-state index is 12.6. The number of hydrogen-bond donors (Lipinski definition) is 1. The fourth-order valence-corrected chi connectivity index (χ4v) is 7.44. The summed E-state index contributed by atoms with van der Waals surface area (Å²) >= 11 is 1.50. The summed E-state index contributed by atoms with van der Waals surface area (Å²) < 4.78 is 0. The molecule has 1 N–H and O–H groups in total. The largest absolute Gasteiger partial charge is 0.359 e. The smallest absolute Gasteiger partial charge is 0.262 e. The van der Waals surface area contributed by atoms with Crippen LogP contribution in [0.15, 0.2) is 4.99 Å². The quantitative estimate of drug-likeness (QED) is 0.824. The lowest BCUT2D eigenvalue weighted by atomic mass is 9.80. The highest BCUT2D eigenvalue weighted by molar-refractivity contribution is 8.15. The van der Waals surface area contributed by atoms with Gasteiger partial charge in [-0.1, -0.05) is 24.6 Å². The van der Waals surface area contributed by atoms with E-state index in [0.29, 0.717) is 6.42 Å². The Morgan fingerprint density at radius 2 is 1.81 bits per heavy atom. The van der Waals surface area contributed by atoms with Gasteiger partial charge in [-0.05, 0) is 62.7 Å². The summed E-state index contributed by atoms with van der Waals surface area (Å²) in [5, 5.41) is 4.17. The van der Waals surface area contributed by atoms with Gasteiger partial charge in [-0.15, -0.1) is 0 Å². The van der Waals surface area contributed by atoms with Gasteiger partial charge < -0.3 is 10.2 Å². The molecule has 0 aromatic carbocycles. The molecule has 2 aliphatic heterocycles. The van der Waals surface area contributed by atoms with Gasteiger partial charge in [-0.25, -0.2) is 0 Å². The molecular formula is C20H29N3O2S. The molecule has 6 rings (SSSR count). The summed E-state index contributed by atoms with van der Waals surface area (Å²) in [7, 11) is 0. The number of amidine groups is 1. The average Bonchev–Trinajstić information content (AvgIpc) is 3.02. The van der Waals surface area contributed by atoms with Gasteiger partial charge >= 0.3 is 0 Å². The van der Waals surface area contributed by atoms with E-state index in [0.717, 1.165) is 48.9 Å². The number of rotatable bonds is 3. The molecule has 0 aromatic rings. The zero-order valence-electron chi connectivity index (χ0n) is 15.4. The van der Waals surface area contributed by atoms with Crippen molar-refractivity contribution in [2.24, 2.45) is 22.7 Å². The molecule has 5 fully saturated rings. The van der Waals surface area contributed by atoms with Gasteiger partial charge in [0.2, 0.25) is 5.91 Å². The number of nitrogens with one attached hydrogen (secondary N) is 1. The summed E-state index contributed by atoms with van der Waals surface area (Å²) in [5.74, 6) is 2.54. The Kier molecular flexibility index (Phi) is 4.29. The summed E-state index contributed by atoms with van der Waals surface area (Å²) in [6, 6.07) is 0. The molecular weight excluding hydrogens is 346 g/mol. The summed E-state index contributed by atoms with van der Waals surface area (Å²) in [4.78, 5) is 31.3. The predicted molar refractivity (Wildman–Crippen MR) is 103 cm³/mol.